The van der Waals surface area contributed by atoms with Crippen molar-refractivity contribution in [2.75, 3.05) is 0 Å². The molecule has 0 bridgehead atoms. The zero-order chi connectivity index (χ0) is 14.2. The molecule has 2 rings (SSSR count). The predicted octanol–water partition coefficient (Wildman–Crippen LogP) is 4.47. The van der Waals surface area contributed by atoms with E-state index in [4.69, 9.17) is 11.6 Å². The zero-order valence-electron chi connectivity index (χ0n) is 10.4. The van der Waals surface area contributed by atoms with Crippen LogP contribution in [0.4, 0.5) is 8.78 Å². The highest BCUT2D eigenvalue weighted by atomic mass is 35.5. The maximum absolute atomic E-state index is 13.2. The first-order valence-electron chi connectivity index (χ1n) is 5.66. The van der Waals surface area contributed by atoms with Gasteiger partial charge >= 0.3 is 0 Å². The Balaban J connectivity index is 2.53. The van der Waals surface area contributed by atoms with Gasteiger partial charge < -0.3 is 0 Å². The Hall–Kier alpha value is -1.74. The van der Waals surface area contributed by atoms with Gasteiger partial charge in [0.1, 0.15) is 0 Å². The van der Waals surface area contributed by atoms with Crippen LogP contribution in [0.15, 0.2) is 30.3 Å². The molecule has 0 spiro atoms. The first-order chi connectivity index (χ1) is 8.88. The third-order valence-corrected chi connectivity index (χ3v) is 3.05. The van der Waals surface area contributed by atoms with E-state index in [2.05, 4.69) is 0 Å². The van der Waals surface area contributed by atoms with E-state index in [-0.39, 0.29) is 10.6 Å². The number of halogens is 3. The number of rotatable bonds is 2. The van der Waals surface area contributed by atoms with Crippen LogP contribution in [0.5, 0.6) is 0 Å². The Morgan fingerprint density at radius 2 is 1.47 bits per heavy atom. The number of carbonyl (C=O) groups is 1. The summed E-state index contributed by atoms with van der Waals surface area (Å²) >= 11 is 5.80. The lowest BCUT2D eigenvalue weighted by Gasteiger charge is -2.07. The fourth-order valence-corrected chi connectivity index (χ4v) is 2.19. The van der Waals surface area contributed by atoms with Crippen LogP contribution < -0.4 is 0 Å². The van der Waals surface area contributed by atoms with Crippen molar-refractivity contribution in [2.24, 2.45) is 0 Å². The van der Waals surface area contributed by atoms with Crippen molar-refractivity contribution in [3.63, 3.8) is 0 Å². The lowest BCUT2D eigenvalue weighted by atomic mass is 9.99. The highest BCUT2D eigenvalue weighted by Gasteiger charge is 2.17. The van der Waals surface area contributed by atoms with Crippen LogP contribution in [-0.4, -0.2) is 5.78 Å². The van der Waals surface area contributed by atoms with Crippen LogP contribution in [0, 0.1) is 25.5 Å². The molecule has 0 atom stereocenters. The molecular weight excluding hydrogens is 270 g/mol. The van der Waals surface area contributed by atoms with Crippen molar-refractivity contribution in [3.8, 4) is 0 Å². The normalized spacial score (nSPS) is 10.6. The highest BCUT2D eigenvalue weighted by molar-refractivity contribution is 6.35. The fraction of sp³-hybridized carbons (Fsp3) is 0.133. The molecule has 0 aliphatic heterocycles. The summed E-state index contributed by atoms with van der Waals surface area (Å²) in [6.45, 7) is 3.72. The van der Waals surface area contributed by atoms with Gasteiger partial charge in [-0.05, 0) is 38.1 Å². The molecule has 0 N–H and O–H groups in total. The zero-order valence-corrected chi connectivity index (χ0v) is 11.2. The third-order valence-electron chi connectivity index (χ3n) is 2.74. The second-order valence-electron chi connectivity index (χ2n) is 4.45. The lowest BCUT2D eigenvalue weighted by Crippen LogP contribution is -2.04. The Kier molecular flexibility index (Phi) is 3.67. The van der Waals surface area contributed by atoms with Gasteiger partial charge in [-0.25, -0.2) is 8.78 Å². The third kappa shape index (κ3) is 2.82. The molecule has 4 heteroatoms. The molecular formula is C15H11ClF2O. The van der Waals surface area contributed by atoms with E-state index >= 15 is 0 Å². The van der Waals surface area contributed by atoms with Gasteiger partial charge in [0.2, 0.25) is 0 Å². The van der Waals surface area contributed by atoms with Crippen LogP contribution in [0.2, 0.25) is 5.02 Å². The van der Waals surface area contributed by atoms with E-state index in [0.29, 0.717) is 5.56 Å². The highest BCUT2D eigenvalue weighted by Crippen LogP contribution is 2.23. The van der Waals surface area contributed by atoms with Gasteiger partial charge in [0.25, 0.3) is 0 Å². The monoisotopic (exact) mass is 280 g/mol. The summed E-state index contributed by atoms with van der Waals surface area (Å²) in [5.41, 5.74) is 2.21. The van der Waals surface area contributed by atoms with Gasteiger partial charge in [-0.15, -0.1) is 0 Å². The minimum Gasteiger partial charge on any atom is -0.289 e. The maximum atomic E-state index is 13.2. The van der Waals surface area contributed by atoms with Crippen LogP contribution >= 0.6 is 11.6 Å². The molecule has 0 heterocycles. The Morgan fingerprint density at radius 1 is 0.947 bits per heavy atom. The molecule has 0 aromatic heterocycles. The summed E-state index contributed by atoms with van der Waals surface area (Å²) in [4.78, 5) is 12.3. The SMILES string of the molecule is Cc1cc(C)cc(C(=O)c2cc(F)c(F)cc2Cl)c1. The van der Waals surface area contributed by atoms with Gasteiger partial charge in [-0.2, -0.15) is 0 Å². The van der Waals surface area contributed by atoms with Crippen molar-refractivity contribution >= 4 is 17.4 Å². The molecule has 0 saturated carbocycles. The summed E-state index contributed by atoms with van der Waals surface area (Å²) in [7, 11) is 0. The van der Waals surface area contributed by atoms with E-state index in [0.717, 1.165) is 23.3 Å². The summed E-state index contributed by atoms with van der Waals surface area (Å²) < 4.78 is 26.2. The fourth-order valence-electron chi connectivity index (χ4n) is 1.96. The van der Waals surface area contributed by atoms with Gasteiger partial charge in [-0.3, -0.25) is 4.79 Å². The van der Waals surface area contributed by atoms with Crippen LogP contribution in [0.1, 0.15) is 27.0 Å². The Labute approximate surface area is 114 Å². The molecule has 1 nitrogen and oxygen atoms in total. The van der Waals surface area contributed by atoms with E-state index in [1.807, 2.05) is 19.9 Å². The van der Waals surface area contributed by atoms with Gasteiger partial charge in [-0.1, -0.05) is 28.8 Å². The molecule has 19 heavy (non-hydrogen) atoms. The van der Waals surface area contributed by atoms with Crippen molar-refractivity contribution in [1.29, 1.82) is 0 Å². The van der Waals surface area contributed by atoms with E-state index < -0.39 is 17.4 Å². The second kappa shape index (κ2) is 5.10. The Bertz CT molecular complexity index is 645. The Morgan fingerprint density at radius 3 is 2.05 bits per heavy atom. The minimum atomic E-state index is -1.09. The number of hydrogen-bond donors (Lipinski definition) is 0. The van der Waals surface area contributed by atoms with Crippen LogP contribution in [0.25, 0.3) is 0 Å². The first-order valence-corrected chi connectivity index (χ1v) is 6.04. The first kappa shape index (κ1) is 13.7. The van der Waals surface area contributed by atoms with E-state index in [1.165, 1.54) is 0 Å². The number of hydrogen-bond acceptors (Lipinski definition) is 1. The summed E-state index contributed by atoms with van der Waals surface area (Å²) in [5, 5.41) is -0.0944. The quantitative estimate of drug-likeness (QED) is 0.586. The average molecular weight is 281 g/mol. The topological polar surface area (TPSA) is 17.1 Å². The summed E-state index contributed by atoms with van der Waals surface area (Å²) in [6, 6.07) is 6.94. The van der Waals surface area contributed by atoms with Crippen LogP contribution in [-0.2, 0) is 0 Å². The molecule has 98 valence electrons. The predicted molar refractivity (Wildman–Crippen MR) is 70.7 cm³/mol. The smallest absolute Gasteiger partial charge is 0.194 e. The number of aryl methyl sites for hydroxylation is 2. The van der Waals surface area contributed by atoms with Crippen molar-refractivity contribution in [1.82, 2.24) is 0 Å². The number of carbonyl (C=O) groups excluding carboxylic acids is 1. The molecule has 0 fully saturated rings. The molecule has 0 amide bonds. The van der Waals surface area contributed by atoms with E-state index in [1.54, 1.807) is 12.1 Å². The maximum Gasteiger partial charge on any atom is 0.194 e. The average Bonchev–Trinajstić information content (AvgIpc) is 2.31. The number of ketones is 1. The van der Waals surface area contributed by atoms with Gasteiger partial charge in [0.15, 0.2) is 17.4 Å². The lowest BCUT2D eigenvalue weighted by molar-refractivity contribution is 0.103. The molecule has 0 aliphatic rings. The molecule has 2 aromatic carbocycles. The van der Waals surface area contributed by atoms with Gasteiger partial charge in [0.05, 0.1) is 5.02 Å². The minimum absolute atomic E-state index is 0.0365. The number of benzene rings is 2. The molecule has 2 aromatic rings. The van der Waals surface area contributed by atoms with Crippen LogP contribution in [0.3, 0.4) is 0 Å². The van der Waals surface area contributed by atoms with E-state index in [9.17, 15) is 13.6 Å². The van der Waals surface area contributed by atoms with Crippen molar-refractivity contribution < 1.29 is 13.6 Å². The summed E-state index contributed by atoms with van der Waals surface area (Å²) in [6.07, 6.45) is 0. The second-order valence-corrected chi connectivity index (χ2v) is 4.86. The summed E-state index contributed by atoms with van der Waals surface area (Å²) in [5.74, 6) is -2.57. The van der Waals surface area contributed by atoms with Crippen molar-refractivity contribution in [3.05, 3.63) is 69.2 Å². The van der Waals surface area contributed by atoms with Crippen molar-refractivity contribution in [2.45, 2.75) is 13.8 Å². The standard InChI is InChI=1S/C15H11ClF2O/c1-8-3-9(2)5-10(4-8)15(19)11-6-13(17)14(18)7-12(11)16/h3-7H,1-2H3. The molecule has 0 radical (unpaired) electrons. The van der Waals surface area contributed by atoms with Gasteiger partial charge in [0, 0.05) is 11.1 Å². The molecule has 0 saturated heterocycles. The molecule has 0 unspecified atom stereocenters. The molecule has 0 aliphatic carbocycles. The largest absolute Gasteiger partial charge is 0.289 e.